The third-order valence-electron chi connectivity index (χ3n) is 3.89. The Morgan fingerprint density at radius 2 is 2.15 bits per heavy atom. The average molecular weight is 389 g/mol. The fraction of sp³-hybridized carbons (Fsp3) is 0.333. The quantitative estimate of drug-likeness (QED) is 0.613. The summed E-state index contributed by atoms with van der Waals surface area (Å²) < 4.78 is 15.4. The summed E-state index contributed by atoms with van der Waals surface area (Å²) in [6.07, 6.45) is 1.93. The number of aromatic nitrogens is 2. The molecular formula is C18H19N3O5S. The second-order valence-electron chi connectivity index (χ2n) is 5.75. The molecule has 0 radical (unpaired) electrons. The van der Waals surface area contributed by atoms with Crippen molar-refractivity contribution in [3.05, 3.63) is 40.3 Å². The minimum atomic E-state index is -0.436. The molecule has 9 heteroatoms. The number of nitrogens with one attached hydrogen (secondary N) is 1. The zero-order chi connectivity index (χ0) is 19.4. The number of furan rings is 1. The number of hydrogen-bond donors (Lipinski definition) is 1. The van der Waals surface area contributed by atoms with Crippen LogP contribution in [0.2, 0.25) is 0 Å². The summed E-state index contributed by atoms with van der Waals surface area (Å²) in [6, 6.07) is 3.45. The highest BCUT2D eigenvalue weighted by Gasteiger charge is 2.22. The second-order valence-corrected chi connectivity index (χ2v) is 6.97. The van der Waals surface area contributed by atoms with Crippen LogP contribution < -0.4 is 5.32 Å². The Kier molecular flexibility index (Phi) is 5.70. The second kappa shape index (κ2) is 8.17. The van der Waals surface area contributed by atoms with Gasteiger partial charge in [-0.15, -0.1) is 11.3 Å². The first-order chi connectivity index (χ1) is 13.0. The van der Waals surface area contributed by atoms with Crippen molar-refractivity contribution in [2.45, 2.75) is 33.6 Å². The Balaban J connectivity index is 1.63. The molecule has 142 valence electrons. The van der Waals surface area contributed by atoms with Gasteiger partial charge in [0.25, 0.3) is 0 Å². The SMILES string of the molecule is CCOC(=O)c1c(NC(=O)CCc2nc(-c3ccco3)no2)sc(C)c1C. The standard InChI is InChI=1S/C18H19N3O5S/c1-4-24-18(23)15-10(2)11(3)27-17(15)19-13(22)7-8-14-20-16(21-26-14)12-6-5-9-25-12/h5-6,9H,4,7-8H2,1-3H3,(H,19,22). The number of thiophene rings is 1. The van der Waals surface area contributed by atoms with Gasteiger partial charge in [0.2, 0.25) is 17.6 Å². The molecule has 3 rings (SSSR count). The van der Waals surface area contributed by atoms with Crippen molar-refractivity contribution < 1.29 is 23.3 Å². The highest BCUT2D eigenvalue weighted by Crippen LogP contribution is 2.33. The molecular weight excluding hydrogens is 370 g/mol. The Hall–Kier alpha value is -2.94. The van der Waals surface area contributed by atoms with Crippen LogP contribution in [0.15, 0.2) is 27.3 Å². The molecule has 0 aliphatic heterocycles. The van der Waals surface area contributed by atoms with E-state index in [-0.39, 0.29) is 25.4 Å². The molecule has 3 heterocycles. The lowest BCUT2D eigenvalue weighted by atomic mass is 10.1. The number of aryl methyl sites for hydroxylation is 2. The summed E-state index contributed by atoms with van der Waals surface area (Å²) in [4.78, 5) is 29.6. The number of esters is 1. The highest BCUT2D eigenvalue weighted by molar-refractivity contribution is 7.16. The Morgan fingerprint density at radius 1 is 1.33 bits per heavy atom. The molecule has 0 bridgehead atoms. The first kappa shape index (κ1) is 18.8. The number of amides is 1. The maximum atomic E-state index is 12.3. The Labute approximate surface area is 159 Å². The van der Waals surface area contributed by atoms with Crippen LogP contribution in [-0.4, -0.2) is 28.6 Å². The number of anilines is 1. The normalized spacial score (nSPS) is 10.8. The number of ether oxygens (including phenoxy) is 1. The van der Waals surface area contributed by atoms with Gasteiger partial charge in [-0.3, -0.25) is 4.79 Å². The van der Waals surface area contributed by atoms with Crippen LogP contribution in [0.3, 0.4) is 0 Å². The van der Waals surface area contributed by atoms with Crippen molar-refractivity contribution in [3.63, 3.8) is 0 Å². The van der Waals surface area contributed by atoms with E-state index in [2.05, 4.69) is 15.5 Å². The maximum Gasteiger partial charge on any atom is 0.341 e. The van der Waals surface area contributed by atoms with Crippen LogP contribution in [0.4, 0.5) is 5.00 Å². The predicted octanol–water partition coefficient (Wildman–Crippen LogP) is 3.76. The predicted molar refractivity (Wildman–Crippen MR) is 98.7 cm³/mol. The summed E-state index contributed by atoms with van der Waals surface area (Å²) in [5, 5.41) is 7.10. The van der Waals surface area contributed by atoms with E-state index in [1.54, 1.807) is 19.1 Å². The first-order valence-corrected chi connectivity index (χ1v) is 9.24. The maximum absolute atomic E-state index is 12.3. The van der Waals surface area contributed by atoms with Gasteiger partial charge in [-0.05, 0) is 38.5 Å². The topological polar surface area (TPSA) is 107 Å². The summed E-state index contributed by atoms with van der Waals surface area (Å²) in [5.74, 6) is 0.484. The number of nitrogens with zero attached hydrogens (tertiary/aromatic N) is 2. The van der Waals surface area contributed by atoms with E-state index in [0.29, 0.717) is 28.0 Å². The molecule has 0 aliphatic rings. The minimum absolute atomic E-state index is 0.137. The molecule has 8 nitrogen and oxygen atoms in total. The van der Waals surface area contributed by atoms with Gasteiger partial charge >= 0.3 is 5.97 Å². The van der Waals surface area contributed by atoms with Crippen molar-refractivity contribution in [2.75, 3.05) is 11.9 Å². The van der Waals surface area contributed by atoms with E-state index in [9.17, 15) is 9.59 Å². The lowest BCUT2D eigenvalue weighted by Crippen LogP contribution is -2.15. The molecule has 0 spiro atoms. The number of carbonyl (C=O) groups is 2. The lowest BCUT2D eigenvalue weighted by Gasteiger charge is -2.06. The van der Waals surface area contributed by atoms with E-state index in [1.165, 1.54) is 17.6 Å². The molecule has 0 unspecified atom stereocenters. The van der Waals surface area contributed by atoms with E-state index < -0.39 is 5.97 Å². The Bertz CT molecular complexity index is 943. The zero-order valence-electron chi connectivity index (χ0n) is 15.2. The van der Waals surface area contributed by atoms with Crippen LogP contribution in [-0.2, 0) is 16.0 Å². The van der Waals surface area contributed by atoms with Gasteiger partial charge < -0.3 is 19.0 Å². The van der Waals surface area contributed by atoms with Gasteiger partial charge in [0, 0.05) is 17.7 Å². The summed E-state index contributed by atoms with van der Waals surface area (Å²) in [6.45, 7) is 5.75. The monoisotopic (exact) mass is 389 g/mol. The molecule has 0 atom stereocenters. The molecule has 0 saturated carbocycles. The largest absolute Gasteiger partial charge is 0.462 e. The molecule has 0 saturated heterocycles. The third kappa shape index (κ3) is 4.25. The van der Waals surface area contributed by atoms with Crippen LogP contribution in [0, 0.1) is 13.8 Å². The minimum Gasteiger partial charge on any atom is -0.462 e. The number of carbonyl (C=O) groups excluding carboxylic acids is 2. The molecule has 3 aromatic rings. The third-order valence-corrected chi connectivity index (χ3v) is 5.02. The van der Waals surface area contributed by atoms with Crippen LogP contribution in [0.5, 0.6) is 0 Å². The Morgan fingerprint density at radius 3 is 2.85 bits per heavy atom. The van der Waals surface area contributed by atoms with Crippen LogP contribution >= 0.6 is 11.3 Å². The van der Waals surface area contributed by atoms with E-state index in [4.69, 9.17) is 13.7 Å². The van der Waals surface area contributed by atoms with E-state index in [1.807, 2.05) is 13.8 Å². The van der Waals surface area contributed by atoms with Gasteiger partial charge in [0.1, 0.15) is 5.00 Å². The highest BCUT2D eigenvalue weighted by atomic mass is 32.1. The van der Waals surface area contributed by atoms with Crippen LogP contribution in [0.1, 0.15) is 40.0 Å². The smallest absolute Gasteiger partial charge is 0.341 e. The van der Waals surface area contributed by atoms with Crippen molar-refractivity contribution >= 4 is 28.2 Å². The average Bonchev–Trinajstić information content (AvgIpc) is 3.35. The molecule has 0 fully saturated rings. The van der Waals surface area contributed by atoms with E-state index in [0.717, 1.165) is 10.4 Å². The van der Waals surface area contributed by atoms with Gasteiger partial charge in [-0.2, -0.15) is 4.98 Å². The number of hydrogen-bond acceptors (Lipinski definition) is 8. The van der Waals surface area contributed by atoms with Crippen LogP contribution in [0.25, 0.3) is 11.6 Å². The number of rotatable bonds is 7. The first-order valence-electron chi connectivity index (χ1n) is 8.43. The molecule has 27 heavy (non-hydrogen) atoms. The molecule has 0 aliphatic carbocycles. The van der Waals surface area contributed by atoms with Gasteiger partial charge in [-0.25, -0.2) is 4.79 Å². The fourth-order valence-corrected chi connectivity index (χ4v) is 3.50. The van der Waals surface area contributed by atoms with Crippen molar-refractivity contribution in [1.29, 1.82) is 0 Å². The van der Waals surface area contributed by atoms with Crippen molar-refractivity contribution in [3.8, 4) is 11.6 Å². The molecule has 1 amide bonds. The summed E-state index contributed by atoms with van der Waals surface area (Å²) >= 11 is 1.35. The van der Waals surface area contributed by atoms with Gasteiger partial charge in [0.15, 0.2) is 5.76 Å². The van der Waals surface area contributed by atoms with Gasteiger partial charge in [0.05, 0.1) is 18.4 Å². The lowest BCUT2D eigenvalue weighted by molar-refractivity contribution is -0.116. The fourth-order valence-electron chi connectivity index (χ4n) is 2.44. The van der Waals surface area contributed by atoms with Crippen molar-refractivity contribution in [1.82, 2.24) is 10.1 Å². The molecule has 0 aromatic carbocycles. The van der Waals surface area contributed by atoms with E-state index >= 15 is 0 Å². The molecule has 3 aromatic heterocycles. The summed E-state index contributed by atoms with van der Waals surface area (Å²) in [5.41, 5.74) is 1.22. The van der Waals surface area contributed by atoms with Gasteiger partial charge in [-0.1, -0.05) is 5.16 Å². The summed E-state index contributed by atoms with van der Waals surface area (Å²) in [7, 11) is 0. The zero-order valence-corrected chi connectivity index (χ0v) is 16.0. The molecule has 1 N–H and O–H groups in total. The van der Waals surface area contributed by atoms with Crippen molar-refractivity contribution in [2.24, 2.45) is 0 Å².